The van der Waals surface area contributed by atoms with Crippen LogP contribution in [0.4, 0.5) is 0 Å². The highest BCUT2D eigenvalue weighted by Crippen LogP contribution is 2.33. The Hall–Kier alpha value is -0.570. The number of carbonyl (C=O) groups excluding carboxylic acids is 1. The molecular formula is C15H27NO2. The third-order valence-corrected chi connectivity index (χ3v) is 4.36. The van der Waals surface area contributed by atoms with Gasteiger partial charge in [-0.1, -0.05) is 13.8 Å². The second kappa shape index (κ2) is 6.05. The molecule has 104 valence electrons. The molecule has 0 N–H and O–H groups in total. The van der Waals surface area contributed by atoms with Crippen LogP contribution in [0.5, 0.6) is 0 Å². The van der Waals surface area contributed by atoms with Gasteiger partial charge in [-0.05, 0) is 44.4 Å². The van der Waals surface area contributed by atoms with Gasteiger partial charge in [0.15, 0.2) is 0 Å². The van der Waals surface area contributed by atoms with E-state index in [2.05, 4.69) is 18.7 Å². The topological polar surface area (TPSA) is 29.5 Å². The van der Waals surface area contributed by atoms with Crippen molar-refractivity contribution in [2.45, 2.75) is 52.4 Å². The lowest BCUT2D eigenvalue weighted by atomic mass is 9.78. The summed E-state index contributed by atoms with van der Waals surface area (Å²) in [4.78, 5) is 14.7. The lowest BCUT2D eigenvalue weighted by molar-refractivity contribution is -0.142. The van der Waals surface area contributed by atoms with Gasteiger partial charge in [-0.2, -0.15) is 0 Å². The number of nitrogens with zero attached hydrogens (tertiary/aromatic N) is 1. The van der Waals surface area contributed by atoms with Crippen LogP contribution in [-0.2, 0) is 9.53 Å². The van der Waals surface area contributed by atoms with Crippen molar-refractivity contribution in [2.24, 2.45) is 11.3 Å². The maximum Gasteiger partial charge on any atom is 0.228 e. The molecule has 2 aliphatic rings. The predicted molar refractivity (Wildman–Crippen MR) is 72.4 cm³/mol. The molecule has 2 fully saturated rings. The van der Waals surface area contributed by atoms with E-state index in [-0.39, 0.29) is 5.41 Å². The Morgan fingerprint density at radius 3 is 2.39 bits per heavy atom. The Morgan fingerprint density at radius 1 is 1.17 bits per heavy atom. The van der Waals surface area contributed by atoms with Crippen molar-refractivity contribution in [1.82, 2.24) is 4.90 Å². The Balaban J connectivity index is 1.89. The molecule has 2 saturated heterocycles. The zero-order valence-corrected chi connectivity index (χ0v) is 11.9. The van der Waals surface area contributed by atoms with Gasteiger partial charge in [0.05, 0.1) is 0 Å². The van der Waals surface area contributed by atoms with Crippen LogP contribution in [0.2, 0.25) is 0 Å². The smallest absolute Gasteiger partial charge is 0.228 e. The number of amides is 1. The summed E-state index contributed by atoms with van der Waals surface area (Å²) in [5.41, 5.74) is -0.195. The minimum Gasteiger partial charge on any atom is -0.381 e. The van der Waals surface area contributed by atoms with Crippen molar-refractivity contribution in [3.8, 4) is 0 Å². The maximum absolute atomic E-state index is 12.6. The quantitative estimate of drug-likeness (QED) is 0.774. The Labute approximate surface area is 111 Å². The van der Waals surface area contributed by atoms with E-state index in [1.807, 2.05) is 0 Å². The molecule has 0 atom stereocenters. The van der Waals surface area contributed by atoms with E-state index in [9.17, 15) is 4.79 Å². The van der Waals surface area contributed by atoms with Crippen molar-refractivity contribution in [2.75, 3.05) is 26.3 Å². The zero-order chi connectivity index (χ0) is 13.0. The van der Waals surface area contributed by atoms with Crippen LogP contribution in [0, 0.1) is 11.3 Å². The summed E-state index contributed by atoms with van der Waals surface area (Å²) >= 11 is 0. The van der Waals surface area contributed by atoms with Gasteiger partial charge in [0.2, 0.25) is 5.91 Å². The molecule has 0 bridgehead atoms. The van der Waals surface area contributed by atoms with Gasteiger partial charge in [-0.25, -0.2) is 0 Å². The summed E-state index contributed by atoms with van der Waals surface area (Å²) in [7, 11) is 0. The van der Waals surface area contributed by atoms with Crippen LogP contribution in [0.15, 0.2) is 0 Å². The van der Waals surface area contributed by atoms with Crippen molar-refractivity contribution in [3.05, 3.63) is 0 Å². The first kappa shape index (κ1) is 13.9. The van der Waals surface area contributed by atoms with Gasteiger partial charge in [0, 0.05) is 31.7 Å². The second-order valence-electron chi connectivity index (χ2n) is 6.50. The SMILES string of the molecule is CC(C)(CC1CCOCC1)C(=O)N1CCCCC1. The largest absolute Gasteiger partial charge is 0.381 e. The minimum atomic E-state index is -0.195. The summed E-state index contributed by atoms with van der Waals surface area (Å²) in [5, 5.41) is 0. The summed E-state index contributed by atoms with van der Waals surface area (Å²) in [5.74, 6) is 1.04. The number of likely N-dealkylation sites (tertiary alicyclic amines) is 1. The van der Waals surface area contributed by atoms with Crippen molar-refractivity contribution >= 4 is 5.91 Å². The van der Waals surface area contributed by atoms with E-state index in [0.29, 0.717) is 11.8 Å². The number of ether oxygens (including phenoxy) is 1. The molecule has 2 heterocycles. The van der Waals surface area contributed by atoms with Crippen LogP contribution in [0.3, 0.4) is 0 Å². The molecule has 0 aliphatic carbocycles. The molecule has 0 aromatic carbocycles. The maximum atomic E-state index is 12.6. The molecule has 0 unspecified atom stereocenters. The average Bonchev–Trinajstić information content (AvgIpc) is 2.39. The first-order valence-electron chi connectivity index (χ1n) is 7.47. The van der Waals surface area contributed by atoms with E-state index in [1.54, 1.807) is 0 Å². The van der Waals surface area contributed by atoms with E-state index in [0.717, 1.165) is 45.6 Å². The highest BCUT2D eigenvalue weighted by atomic mass is 16.5. The highest BCUT2D eigenvalue weighted by Gasteiger charge is 2.35. The molecule has 0 saturated carbocycles. The lowest BCUT2D eigenvalue weighted by Gasteiger charge is -2.37. The van der Waals surface area contributed by atoms with Crippen molar-refractivity contribution < 1.29 is 9.53 Å². The standard InChI is InChI=1S/C15H27NO2/c1-15(2,12-13-6-10-18-11-7-13)14(17)16-8-4-3-5-9-16/h13H,3-12H2,1-2H3. The van der Waals surface area contributed by atoms with E-state index >= 15 is 0 Å². The van der Waals surface area contributed by atoms with Crippen molar-refractivity contribution in [3.63, 3.8) is 0 Å². The molecular weight excluding hydrogens is 226 g/mol. The van der Waals surface area contributed by atoms with Gasteiger partial charge in [0.25, 0.3) is 0 Å². The van der Waals surface area contributed by atoms with Crippen LogP contribution >= 0.6 is 0 Å². The van der Waals surface area contributed by atoms with E-state index in [4.69, 9.17) is 4.74 Å². The molecule has 1 amide bonds. The summed E-state index contributed by atoms with van der Waals surface area (Å²) in [6, 6.07) is 0. The summed E-state index contributed by atoms with van der Waals surface area (Å²) < 4.78 is 5.40. The second-order valence-corrected chi connectivity index (χ2v) is 6.50. The van der Waals surface area contributed by atoms with Gasteiger partial charge in [0.1, 0.15) is 0 Å². The molecule has 0 radical (unpaired) electrons. The highest BCUT2D eigenvalue weighted by molar-refractivity contribution is 5.82. The molecule has 2 aliphatic heterocycles. The Kier molecular flexibility index (Phi) is 4.66. The fraction of sp³-hybridized carbons (Fsp3) is 0.933. The molecule has 3 heteroatoms. The third-order valence-electron chi connectivity index (χ3n) is 4.36. The van der Waals surface area contributed by atoms with Gasteiger partial charge in [-0.15, -0.1) is 0 Å². The van der Waals surface area contributed by atoms with Gasteiger partial charge in [-0.3, -0.25) is 4.79 Å². The molecule has 3 nitrogen and oxygen atoms in total. The fourth-order valence-corrected chi connectivity index (χ4v) is 3.28. The number of hydrogen-bond acceptors (Lipinski definition) is 2. The first-order valence-corrected chi connectivity index (χ1v) is 7.47. The Morgan fingerprint density at radius 2 is 1.78 bits per heavy atom. The number of rotatable bonds is 3. The van der Waals surface area contributed by atoms with E-state index in [1.165, 1.54) is 19.3 Å². The molecule has 2 rings (SSSR count). The predicted octanol–water partition coefficient (Wildman–Crippen LogP) is 2.84. The number of carbonyl (C=O) groups is 1. The number of hydrogen-bond donors (Lipinski definition) is 0. The fourth-order valence-electron chi connectivity index (χ4n) is 3.28. The monoisotopic (exact) mass is 253 g/mol. The Bertz CT molecular complexity index is 276. The summed E-state index contributed by atoms with van der Waals surface area (Å²) in [6.07, 6.45) is 6.90. The van der Waals surface area contributed by atoms with Gasteiger partial charge < -0.3 is 9.64 Å². The third kappa shape index (κ3) is 3.47. The molecule has 0 aromatic heterocycles. The minimum absolute atomic E-state index is 0.195. The summed E-state index contributed by atoms with van der Waals surface area (Å²) in [6.45, 7) is 7.93. The average molecular weight is 253 g/mol. The number of piperidine rings is 1. The lowest BCUT2D eigenvalue weighted by Crippen LogP contribution is -2.44. The zero-order valence-electron chi connectivity index (χ0n) is 11.9. The van der Waals surface area contributed by atoms with Crippen LogP contribution in [-0.4, -0.2) is 37.1 Å². The molecule has 18 heavy (non-hydrogen) atoms. The van der Waals surface area contributed by atoms with E-state index < -0.39 is 0 Å². The van der Waals surface area contributed by atoms with Crippen LogP contribution < -0.4 is 0 Å². The first-order chi connectivity index (χ1) is 8.59. The van der Waals surface area contributed by atoms with Crippen LogP contribution in [0.1, 0.15) is 52.4 Å². The molecule has 0 spiro atoms. The van der Waals surface area contributed by atoms with Crippen molar-refractivity contribution in [1.29, 1.82) is 0 Å². The van der Waals surface area contributed by atoms with Crippen LogP contribution in [0.25, 0.3) is 0 Å². The van der Waals surface area contributed by atoms with Gasteiger partial charge >= 0.3 is 0 Å². The normalized spacial score (nSPS) is 23.1. The molecule has 0 aromatic rings.